The van der Waals surface area contributed by atoms with Gasteiger partial charge in [-0.25, -0.2) is 8.42 Å². The van der Waals surface area contributed by atoms with E-state index in [1.165, 1.54) is 6.07 Å². The first-order valence-electron chi connectivity index (χ1n) is 7.50. The number of primary amides is 1. The zero-order valence-corrected chi connectivity index (χ0v) is 15.9. The number of halogens is 1. The van der Waals surface area contributed by atoms with Crippen molar-refractivity contribution >= 4 is 44.0 Å². The van der Waals surface area contributed by atoms with Gasteiger partial charge in [-0.05, 0) is 36.1 Å². The Morgan fingerprint density at radius 2 is 2.12 bits per heavy atom. The Morgan fingerprint density at radius 1 is 1.40 bits per heavy atom. The fraction of sp³-hybridized carbons (Fsp3) is 0.333. The number of aromatic nitrogens is 2. The number of hydrogen-bond donors (Lipinski definition) is 2. The fourth-order valence-corrected chi connectivity index (χ4v) is 5.17. The number of carbonyl (C=O) groups is 1. The van der Waals surface area contributed by atoms with Gasteiger partial charge in [0.2, 0.25) is 11.0 Å². The Hall–Kier alpha value is -1.71. The van der Waals surface area contributed by atoms with Crippen LogP contribution in [0.1, 0.15) is 41.8 Å². The van der Waals surface area contributed by atoms with Crippen molar-refractivity contribution in [3.63, 3.8) is 0 Å². The van der Waals surface area contributed by atoms with E-state index in [1.54, 1.807) is 12.5 Å². The number of nitrogens with one attached hydrogen (secondary N) is 1. The smallest absolute Gasteiger partial charge is 0.265 e. The van der Waals surface area contributed by atoms with Crippen molar-refractivity contribution < 1.29 is 13.2 Å². The predicted molar refractivity (Wildman–Crippen MR) is 96.2 cm³/mol. The number of nitrogens with two attached hydrogens (primary N) is 1. The van der Waals surface area contributed by atoms with Crippen LogP contribution >= 0.6 is 22.9 Å². The van der Waals surface area contributed by atoms with Gasteiger partial charge in [-0.15, -0.1) is 10.2 Å². The summed E-state index contributed by atoms with van der Waals surface area (Å²) in [6.45, 7) is 3.88. The molecule has 133 valence electrons. The molecule has 0 saturated heterocycles. The molecule has 0 saturated carbocycles. The zero-order chi connectivity index (χ0) is 18.4. The van der Waals surface area contributed by atoms with Crippen molar-refractivity contribution in [1.29, 1.82) is 0 Å². The van der Waals surface area contributed by atoms with Crippen molar-refractivity contribution in [1.82, 2.24) is 10.2 Å². The van der Waals surface area contributed by atoms with Crippen LogP contribution in [0.5, 0.6) is 0 Å². The molecule has 1 aromatic heterocycles. The maximum Gasteiger partial charge on any atom is 0.265 e. The number of fused-ring (bicyclic) bond motifs is 1. The van der Waals surface area contributed by atoms with E-state index in [-0.39, 0.29) is 21.0 Å². The van der Waals surface area contributed by atoms with Gasteiger partial charge in [-0.3, -0.25) is 9.52 Å². The van der Waals surface area contributed by atoms with Crippen LogP contribution in [0.25, 0.3) is 0 Å². The number of sulfonamides is 1. The third-order valence-corrected chi connectivity index (χ3v) is 6.93. The molecule has 1 aliphatic rings. The van der Waals surface area contributed by atoms with E-state index in [0.29, 0.717) is 12.0 Å². The van der Waals surface area contributed by atoms with Crippen LogP contribution < -0.4 is 10.5 Å². The monoisotopic (exact) mass is 399 g/mol. The summed E-state index contributed by atoms with van der Waals surface area (Å²) in [5, 5.41) is 8.77. The highest BCUT2D eigenvalue weighted by molar-refractivity contribution is 7.93. The highest BCUT2D eigenvalue weighted by atomic mass is 35.5. The minimum atomic E-state index is -3.97. The van der Waals surface area contributed by atoms with Crippen LogP contribution in [0.15, 0.2) is 17.0 Å². The Bertz CT molecular complexity index is 940. The van der Waals surface area contributed by atoms with Gasteiger partial charge in [0, 0.05) is 5.92 Å². The molecule has 1 amide bonds. The molecule has 10 heteroatoms. The van der Waals surface area contributed by atoms with E-state index in [4.69, 9.17) is 17.3 Å². The third-order valence-electron chi connectivity index (χ3n) is 3.85. The van der Waals surface area contributed by atoms with E-state index in [2.05, 4.69) is 14.9 Å². The molecule has 3 rings (SSSR count). The third kappa shape index (κ3) is 3.49. The van der Waals surface area contributed by atoms with Crippen LogP contribution in [-0.4, -0.2) is 24.5 Å². The number of rotatable bonds is 5. The lowest BCUT2D eigenvalue weighted by atomic mass is 10.0. The van der Waals surface area contributed by atoms with Gasteiger partial charge >= 0.3 is 0 Å². The average molecular weight is 400 g/mol. The van der Waals surface area contributed by atoms with E-state index in [1.807, 2.05) is 13.8 Å². The van der Waals surface area contributed by atoms with Gasteiger partial charge in [-0.1, -0.05) is 36.8 Å². The molecule has 0 bridgehead atoms. The van der Waals surface area contributed by atoms with E-state index in [9.17, 15) is 13.2 Å². The standard InChI is InChI=1S/C15H16ClN4O3S2/c1-7(2)14-18-19-15(24-14)20-25(22,23)12-6-10-8(5-11(12)16)3-4-9(10)13(17)21/h4-7,9H,3H2,1-2H3,(H2,17,21)(H,19,20). The van der Waals surface area contributed by atoms with Crippen LogP contribution in [0.3, 0.4) is 0 Å². The quantitative estimate of drug-likeness (QED) is 0.801. The van der Waals surface area contributed by atoms with Gasteiger partial charge in [-0.2, -0.15) is 0 Å². The predicted octanol–water partition coefficient (Wildman–Crippen LogP) is 2.44. The van der Waals surface area contributed by atoms with Gasteiger partial charge in [0.25, 0.3) is 10.0 Å². The van der Waals surface area contributed by atoms with Crippen LogP contribution in [-0.2, 0) is 21.2 Å². The van der Waals surface area contributed by atoms with Gasteiger partial charge in [0.05, 0.1) is 10.9 Å². The van der Waals surface area contributed by atoms with Crippen molar-refractivity contribution in [2.24, 2.45) is 5.73 Å². The summed E-state index contributed by atoms with van der Waals surface area (Å²) in [6, 6.07) is 2.97. The Labute approximate surface area is 154 Å². The minimum absolute atomic E-state index is 0.0818. The van der Waals surface area contributed by atoms with Gasteiger partial charge in [0.15, 0.2) is 0 Å². The summed E-state index contributed by atoms with van der Waals surface area (Å²) in [4.78, 5) is 11.4. The first kappa shape index (κ1) is 18.1. The zero-order valence-electron chi connectivity index (χ0n) is 13.5. The molecular formula is C15H16ClN4O3S2. The number of benzene rings is 1. The Kier molecular flexibility index (Phi) is 4.74. The summed E-state index contributed by atoms with van der Waals surface area (Å²) in [6.07, 6.45) is 2.26. The van der Waals surface area contributed by atoms with Crippen molar-refractivity contribution in [3.8, 4) is 0 Å². The lowest BCUT2D eigenvalue weighted by Crippen LogP contribution is -2.20. The fourth-order valence-electron chi connectivity index (χ4n) is 2.60. The van der Waals surface area contributed by atoms with Gasteiger partial charge < -0.3 is 5.73 Å². The van der Waals surface area contributed by atoms with Crippen molar-refractivity contribution in [2.75, 3.05) is 4.72 Å². The maximum atomic E-state index is 12.7. The molecule has 2 aromatic rings. The Balaban J connectivity index is 1.97. The van der Waals surface area contributed by atoms with Crippen molar-refractivity contribution in [2.45, 2.75) is 37.0 Å². The van der Waals surface area contributed by atoms with Gasteiger partial charge in [0.1, 0.15) is 9.90 Å². The molecule has 1 heterocycles. The lowest BCUT2D eigenvalue weighted by Gasteiger charge is -2.12. The van der Waals surface area contributed by atoms with Crippen LogP contribution in [0.2, 0.25) is 5.02 Å². The summed E-state index contributed by atoms with van der Waals surface area (Å²) in [5.74, 6) is -0.996. The molecular weight excluding hydrogens is 384 g/mol. The maximum absolute atomic E-state index is 12.7. The second kappa shape index (κ2) is 6.54. The topological polar surface area (TPSA) is 115 Å². The number of hydrogen-bond acceptors (Lipinski definition) is 6. The largest absolute Gasteiger partial charge is 0.369 e. The highest BCUT2D eigenvalue weighted by Gasteiger charge is 2.31. The van der Waals surface area contributed by atoms with Crippen LogP contribution in [0, 0.1) is 6.42 Å². The summed E-state index contributed by atoms with van der Waals surface area (Å²) in [7, 11) is -3.97. The highest BCUT2D eigenvalue weighted by Crippen LogP contribution is 2.37. The SMILES string of the molecule is CC(C)c1nnc(NS(=O)(=O)c2cc3c(cc2Cl)C[CH]C3C(N)=O)s1. The first-order valence-corrected chi connectivity index (χ1v) is 10.2. The molecule has 0 aliphatic heterocycles. The van der Waals surface area contributed by atoms with E-state index in [0.717, 1.165) is 21.9 Å². The second-order valence-electron chi connectivity index (χ2n) is 6.01. The molecule has 1 radical (unpaired) electrons. The number of nitrogens with zero attached hydrogens (tertiary/aromatic N) is 2. The second-order valence-corrected chi connectivity index (χ2v) is 9.07. The van der Waals surface area contributed by atoms with E-state index < -0.39 is 21.8 Å². The summed E-state index contributed by atoms with van der Waals surface area (Å²) >= 11 is 7.32. The van der Waals surface area contributed by atoms with E-state index >= 15 is 0 Å². The molecule has 1 unspecified atom stereocenters. The molecule has 7 nitrogen and oxygen atoms in total. The normalized spacial score (nSPS) is 16.9. The minimum Gasteiger partial charge on any atom is -0.369 e. The number of amides is 1. The Morgan fingerprint density at radius 3 is 2.72 bits per heavy atom. The molecule has 25 heavy (non-hydrogen) atoms. The summed E-state index contributed by atoms with van der Waals surface area (Å²) < 4.78 is 27.8. The molecule has 3 N–H and O–H groups in total. The molecule has 1 aliphatic carbocycles. The molecule has 1 atom stereocenters. The average Bonchev–Trinajstić information content (AvgIpc) is 3.12. The van der Waals surface area contributed by atoms with Crippen LogP contribution in [0.4, 0.5) is 5.13 Å². The lowest BCUT2D eigenvalue weighted by molar-refractivity contribution is -0.118. The molecule has 1 aromatic carbocycles. The summed E-state index contributed by atoms with van der Waals surface area (Å²) in [5.41, 5.74) is 6.74. The van der Waals surface area contributed by atoms with Crippen molar-refractivity contribution in [3.05, 3.63) is 39.7 Å². The number of anilines is 1. The number of carbonyl (C=O) groups excluding carboxylic acids is 1. The first-order chi connectivity index (χ1) is 11.7. The molecule has 0 fully saturated rings. The molecule has 0 spiro atoms.